The summed E-state index contributed by atoms with van der Waals surface area (Å²) in [5, 5.41) is 43.3. The lowest BCUT2D eigenvalue weighted by Gasteiger charge is -2.39. The van der Waals surface area contributed by atoms with Gasteiger partial charge in [0.05, 0.1) is 26.4 Å². The molecule has 12 heteroatoms. The predicted octanol–water partition coefficient (Wildman–Crippen LogP) is -3.93. The molecule has 5 atom stereocenters. The van der Waals surface area contributed by atoms with Crippen LogP contribution in [0.15, 0.2) is 0 Å². The Morgan fingerprint density at radius 2 is 1.59 bits per heavy atom. The summed E-state index contributed by atoms with van der Waals surface area (Å²) in [4.78, 5) is 34.1. The van der Waals surface area contributed by atoms with Crippen molar-refractivity contribution < 1.29 is 49.0 Å². The van der Waals surface area contributed by atoms with Crippen LogP contribution in [0.25, 0.3) is 0 Å². The number of ketones is 1. The van der Waals surface area contributed by atoms with Crippen molar-refractivity contribution in [3.63, 3.8) is 0 Å². The van der Waals surface area contributed by atoms with Gasteiger partial charge in [0.1, 0.15) is 36.8 Å². The van der Waals surface area contributed by atoms with Crippen LogP contribution in [0.5, 0.6) is 0 Å². The van der Waals surface area contributed by atoms with Gasteiger partial charge in [0, 0.05) is 19.5 Å². The highest BCUT2D eigenvalue weighted by molar-refractivity contribution is 5.81. The average Bonchev–Trinajstić information content (AvgIpc) is 2.69. The number of Topliss-reactive ketones (excluding diaryl/α,β-unsaturated/α-hetero) is 1. The molecule has 0 spiro atoms. The molecule has 1 saturated heterocycles. The topological polar surface area (TPSA) is 184 Å². The van der Waals surface area contributed by atoms with E-state index in [1.165, 1.54) is 6.92 Å². The number of carbonyl (C=O) groups excluding carboxylic acids is 3. The molecular weight excluding hydrogens is 392 g/mol. The molecule has 1 heterocycles. The van der Waals surface area contributed by atoms with Crippen LogP contribution in [0.3, 0.4) is 0 Å². The van der Waals surface area contributed by atoms with Gasteiger partial charge in [-0.2, -0.15) is 0 Å². The van der Waals surface area contributed by atoms with E-state index in [9.17, 15) is 29.7 Å². The Labute approximate surface area is 168 Å². The lowest BCUT2D eigenvalue weighted by Crippen LogP contribution is -2.63. The van der Waals surface area contributed by atoms with E-state index >= 15 is 0 Å². The number of nitrogens with one attached hydrogen (secondary N) is 2. The third kappa shape index (κ3) is 9.12. The molecule has 168 valence electrons. The zero-order valence-electron chi connectivity index (χ0n) is 16.3. The second-order valence-electron chi connectivity index (χ2n) is 6.50. The SMILES string of the molecule is CC(=O)CCOCCOCCNC(=O)C1OC(CNC(=O)CO)C(O)C(O)C1O. The number of hydrogen-bond donors (Lipinski definition) is 6. The Balaban J connectivity index is 2.32. The maximum Gasteiger partial charge on any atom is 0.252 e. The zero-order valence-corrected chi connectivity index (χ0v) is 16.3. The minimum atomic E-state index is -1.66. The van der Waals surface area contributed by atoms with E-state index in [2.05, 4.69) is 10.6 Å². The molecule has 0 aromatic carbocycles. The van der Waals surface area contributed by atoms with Gasteiger partial charge in [-0.05, 0) is 6.92 Å². The normalized spacial score (nSPS) is 26.7. The maximum atomic E-state index is 12.2. The van der Waals surface area contributed by atoms with Crippen LogP contribution in [0.2, 0.25) is 0 Å². The maximum absolute atomic E-state index is 12.2. The second-order valence-corrected chi connectivity index (χ2v) is 6.50. The zero-order chi connectivity index (χ0) is 21.8. The Kier molecular flexibility index (Phi) is 11.8. The summed E-state index contributed by atoms with van der Waals surface area (Å²) in [5.74, 6) is -1.40. The van der Waals surface area contributed by atoms with Crippen LogP contribution >= 0.6 is 0 Å². The molecule has 0 aromatic rings. The monoisotopic (exact) mass is 422 g/mol. The van der Waals surface area contributed by atoms with Crippen LogP contribution in [0.1, 0.15) is 13.3 Å². The van der Waals surface area contributed by atoms with E-state index < -0.39 is 48.9 Å². The highest BCUT2D eigenvalue weighted by Crippen LogP contribution is 2.21. The first kappa shape index (κ1) is 25.4. The van der Waals surface area contributed by atoms with Gasteiger partial charge in [-0.1, -0.05) is 0 Å². The molecule has 0 aromatic heterocycles. The van der Waals surface area contributed by atoms with Gasteiger partial charge >= 0.3 is 0 Å². The first-order valence-electron chi connectivity index (χ1n) is 9.27. The molecule has 1 aliphatic rings. The van der Waals surface area contributed by atoms with Crippen molar-refractivity contribution in [2.45, 2.75) is 43.9 Å². The number of aliphatic hydroxyl groups excluding tert-OH is 4. The standard InChI is InChI=1S/C17H30N2O10/c1-10(21)2-4-27-6-7-28-5-3-18-17(26)16-15(25)14(24)13(23)11(29-16)8-19-12(22)9-20/h11,13-16,20,23-25H,2-9H2,1H3,(H,18,26)(H,19,22). The van der Waals surface area contributed by atoms with E-state index in [4.69, 9.17) is 19.3 Å². The quantitative estimate of drug-likeness (QED) is 0.160. The summed E-state index contributed by atoms with van der Waals surface area (Å²) in [6, 6.07) is 0. The molecule has 6 N–H and O–H groups in total. The summed E-state index contributed by atoms with van der Waals surface area (Å²) >= 11 is 0. The van der Waals surface area contributed by atoms with Crippen LogP contribution in [-0.4, -0.2) is 115 Å². The van der Waals surface area contributed by atoms with Crippen LogP contribution in [0, 0.1) is 0 Å². The van der Waals surface area contributed by atoms with Gasteiger partial charge in [0.15, 0.2) is 6.10 Å². The van der Waals surface area contributed by atoms with Gasteiger partial charge in [0.25, 0.3) is 5.91 Å². The molecule has 0 aliphatic carbocycles. The molecule has 0 saturated carbocycles. The molecule has 1 fully saturated rings. The van der Waals surface area contributed by atoms with Crippen molar-refractivity contribution in [3.8, 4) is 0 Å². The fraction of sp³-hybridized carbons (Fsp3) is 0.824. The highest BCUT2D eigenvalue weighted by atomic mass is 16.5. The Morgan fingerprint density at radius 3 is 2.21 bits per heavy atom. The molecule has 2 amide bonds. The molecule has 1 aliphatic heterocycles. The van der Waals surface area contributed by atoms with E-state index in [0.29, 0.717) is 19.6 Å². The first-order chi connectivity index (χ1) is 13.8. The van der Waals surface area contributed by atoms with Crippen molar-refractivity contribution in [2.75, 3.05) is 46.1 Å². The minimum absolute atomic E-state index is 0.0383. The van der Waals surface area contributed by atoms with Crippen molar-refractivity contribution in [2.24, 2.45) is 0 Å². The van der Waals surface area contributed by atoms with Crippen molar-refractivity contribution >= 4 is 17.6 Å². The summed E-state index contributed by atoms with van der Waals surface area (Å²) in [5.41, 5.74) is 0. The predicted molar refractivity (Wildman–Crippen MR) is 96.7 cm³/mol. The van der Waals surface area contributed by atoms with Crippen molar-refractivity contribution in [3.05, 3.63) is 0 Å². The van der Waals surface area contributed by atoms with E-state index in [0.717, 1.165) is 0 Å². The van der Waals surface area contributed by atoms with E-state index in [-0.39, 0.29) is 32.1 Å². The summed E-state index contributed by atoms with van der Waals surface area (Å²) in [6.07, 6.45) is -7.11. The van der Waals surface area contributed by atoms with E-state index in [1.807, 2.05) is 0 Å². The molecule has 0 bridgehead atoms. The summed E-state index contributed by atoms with van der Waals surface area (Å²) in [7, 11) is 0. The number of hydrogen-bond acceptors (Lipinski definition) is 10. The summed E-state index contributed by atoms with van der Waals surface area (Å²) < 4.78 is 15.8. The Bertz CT molecular complexity index is 532. The molecule has 29 heavy (non-hydrogen) atoms. The number of ether oxygens (including phenoxy) is 3. The molecular formula is C17H30N2O10. The molecule has 5 unspecified atom stereocenters. The van der Waals surface area contributed by atoms with Gasteiger partial charge in [-0.15, -0.1) is 0 Å². The summed E-state index contributed by atoms with van der Waals surface area (Å²) in [6.45, 7) is 1.60. The lowest BCUT2D eigenvalue weighted by atomic mass is 9.94. The second kappa shape index (κ2) is 13.5. The molecule has 12 nitrogen and oxygen atoms in total. The Hall–Kier alpha value is -1.67. The fourth-order valence-corrected chi connectivity index (χ4v) is 2.49. The number of amides is 2. The van der Waals surface area contributed by atoms with Gasteiger partial charge < -0.3 is 45.3 Å². The van der Waals surface area contributed by atoms with Crippen LogP contribution in [0.4, 0.5) is 0 Å². The third-order valence-corrected chi connectivity index (χ3v) is 4.13. The average molecular weight is 422 g/mol. The largest absolute Gasteiger partial charge is 0.388 e. The van der Waals surface area contributed by atoms with E-state index in [1.54, 1.807) is 0 Å². The molecule has 1 rings (SSSR count). The smallest absolute Gasteiger partial charge is 0.252 e. The van der Waals surface area contributed by atoms with Crippen LogP contribution < -0.4 is 10.6 Å². The van der Waals surface area contributed by atoms with Gasteiger partial charge in [-0.3, -0.25) is 14.4 Å². The van der Waals surface area contributed by atoms with Gasteiger partial charge in [-0.25, -0.2) is 0 Å². The van der Waals surface area contributed by atoms with Crippen molar-refractivity contribution in [1.82, 2.24) is 10.6 Å². The minimum Gasteiger partial charge on any atom is -0.388 e. The first-order valence-corrected chi connectivity index (χ1v) is 9.27. The Morgan fingerprint density at radius 1 is 0.931 bits per heavy atom. The molecule has 0 radical (unpaired) electrons. The number of rotatable bonds is 13. The fourth-order valence-electron chi connectivity index (χ4n) is 2.49. The van der Waals surface area contributed by atoms with Crippen LogP contribution in [-0.2, 0) is 28.6 Å². The lowest BCUT2D eigenvalue weighted by molar-refractivity contribution is -0.219. The van der Waals surface area contributed by atoms with Crippen molar-refractivity contribution in [1.29, 1.82) is 0 Å². The number of carbonyl (C=O) groups is 3. The third-order valence-electron chi connectivity index (χ3n) is 4.13. The van der Waals surface area contributed by atoms with Gasteiger partial charge in [0.2, 0.25) is 5.91 Å². The number of aliphatic hydroxyl groups is 4. The highest BCUT2D eigenvalue weighted by Gasteiger charge is 2.46.